The molecule has 0 spiro atoms. The Labute approximate surface area is 105 Å². The lowest BCUT2D eigenvalue weighted by atomic mass is 9.91. The smallest absolute Gasteiger partial charge is 0.440 e. The van der Waals surface area contributed by atoms with Gasteiger partial charge in [0.2, 0.25) is 0 Å². The summed E-state index contributed by atoms with van der Waals surface area (Å²) in [6.07, 6.45) is -6.78. The maximum Gasteiger partial charge on any atom is 0.440 e. The number of hydrogen-bond acceptors (Lipinski definition) is 4. The molecule has 1 unspecified atom stereocenters. The molecule has 0 radical (unpaired) electrons. The Morgan fingerprint density at radius 1 is 0.750 bits per heavy atom. The zero-order valence-electron chi connectivity index (χ0n) is 9.66. The first kappa shape index (κ1) is 18.4. The Balaban J connectivity index is 6.20. The first-order valence-electron chi connectivity index (χ1n) is 4.39. The molecule has 1 atom stereocenters. The van der Waals surface area contributed by atoms with Crippen LogP contribution in [0.2, 0.25) is 0 Å². The molecule has 0 fully saturated rings. The normalized spacial score (nSPS) is 16.3. The standard InChI is InChI=1S/C8H6F8O4/c1-19-3(17)5(9,8(14,15)16)7(12,13)6(10,11)4(18)20-2/h1-2H3. The van der Waals surface area contributed by atoms with Crippen LogP contribution in [-0.4, -0.2) is 49.8 Å². The van der Waals surface area contributed by atoms with Gasteiger partial charge in [0, 0.05) is 0 Å². The highest BCUT2D eigenvalue weighted by atomic mass is 19.4. The summed E-state index contributed by atoms with van der Waals surface area (Å²) in [5.74, 6) is -19.5. The fourth-order valence-electron chi connectivity index (χ4n) is 1.04. The van der Waals surface area contributed by atoms with Crippen molar-refractivity contribution in [2.45, 2.75) is 23.7 Å². The molecule has 20 heavy (non-hydrogen) atoms. The lowest BCUT2D eigenvalue weighted by molar-refractivity contribution is -0.339. The van der Waals surface area contributed by atoms with Gasteiger partial charge in [0.1, 0.15) is 0 Å². The van der Waals surface area contributed by atoms with Gasteiger partial charge in [-0.25, -0.2) is 14.0 Å². The first-order chi connectivity index (χ1) is 8.71. The molecule has 12 heteroatoms. The van der Waals surface area contributed by atoms with Gasteiger partial charge in [-0.15, -0.1) is 0 Å². The predicted molar refractivity (Wildman–Crippen MR) is 43.8 cm³/mol. The number of hydrogen-bond donors (Lipinski definition) is 0. The average Bonchev–Trinajstić information content (AvgIpc) is 2.33. The SMILES string of the molecule is COC(=O)C(F)(F)C(F)(F)C(F)(C(=O)OC)C(F)(F)F. The highest BCUT2D eigenvalue weighted by Crippen LogP contribution is 2.53. The number of esters is 2. The molecule has 0 aromatic carbocycles. The summed E-state index contributed by atoms with van der Waals surface area (Å²) in [6, 6.07) is 0. The van der Waals surface area contributed by atoms with Gasteiger partial charge in [-0.05, 0) is 0 Å². The van der Waals surface area contributed by atoms with Crippen LogP contribution in [0.4, 0.5) is 35.1 Å². The van der Waals surface area contributed by atoms with Crippen LogP contribution in [-0.2, 0) is 19.1 Å². The van der Waals surface area contributed by atoms with Crippen molar-refractivity contribution in [1.29, 1.82) is 0 Å². The van der Waals surface area contributed by atoms with E-state index in [1.165, 1.54) is 0 Å². The molecule has 0 aliphatic carbocycles. The van der Waals surface area contributed by atoms with Gasteiger partial charge in [0.25, 0.3) is 0 Å². The van der Waals surface area contributed by atoms with Crippen molar-refractivity contribution >= 4 is 11.9 Å². The fourth-order valence-corrected chi connectivity index (χ4v) is 1.04. The summed E-state index contributed by atoms with van der Waals surface area (Å²) in [4.78, 5) is 21.0. The van der Waals surface area contributed by atoms with E-state index in [9.17, 15) is 44.7 Å². The Hall–Kier alpha value is -1.62. The quantitative estimate of drug-likeness (QED) is 0.587. The van der Waals surface area contributed by atoms with Crippen LogP contribution in [0.5, 0.6) is 0 Å². The third kappa shape index (κ3) is 2.26. The molecule has 0 N–H and O–H groups in total. The summed E-state index contributed by atoms with van der Waals surface area (Å²) in [5.41, 5.74) is -6.44. The van der Waals surface area contributed by atoms with E-state index in [-0.39, 0.29) is 14.2 Å². The van der Waals surface area contributed by atoms with Gasteiger partial charge >= 0.3 is 35.6 Å². The van der Waals surface area contributed by atoms with E-state index < -0.39 is 35.6 Å². The van der Waals surface area contributed by atoms with E-state index in [2.05, 4.69) is 9.47 Å². The number of halogens is 8. The van der Waals surface area contributed by atoms with Gasteiger partial charge in [-0.1, -0.05) is 0 Å². The van der Waals surface area contributed by atoms with Crippen molar-refractivity contribution in [3.8, 4) is 0 Å². The van der Waals surface area contributed by atoms with Crippen LogP contribution in [0.1, 0.15) is 0 Å². The molecule has 0 aromatic rings. The number of methoxy groups -OCH3 is 2. The van der Waals surface area contributed by atoms with E-state index >= 15 is 0 Å². The monoisotopic (exact) mass is 318 g/mol. The van der Waals surface area contributed by atoms with Crippen LogP contribution in [0.3, 0.4) is 0 Å². The molecule has 0 saturated carbocycles. The van der Waals surface area contributed by atoms with E-state index in [1.807, 2.05) is 0 Å². The molecule has 0 aliphatic heterocycles. The molecule has 118 valence electrons. The Morgan fingerprint density at radius 2 is 1.10 bits per heavy atom. The Kier molecular flexibility index (Phi) is 4.64. The second-order valence-electron chi connectivity index (χ2n) is 3.29. The van der Waals surface area contributed by atoms with E-state index in [1.54, 1.807) is 0 Å². The minimum atomic E-state index is -6.79. The van der Waals surface area contributed by atoms with Gasteiger partial charge in [-0.3, -0.25) is 0 Å². The van der Waals surface area contributed by atoms with E-state index in [0.29, 0.717) is 0 Å². The maximum atomic E-state index is 13.4. The van der Waals surface area contributed by atoms with Crippen LogP contribution in [0.25, 0.3) is 0 Å². The number of rotatable bonds is 4. The van der Waals surface area contributed by atoms with Gasteiger partial charge in [0.05, 0.1) is 14.2 Å². The summed E-state index contributed by atoms with van der Waals surface area (Å²) < 4.78 is 109. The molecule has 0 heterocycles. The summed E-state index contributed by atoms with van der Waals surface area (Å²) in [7, 11) is 0.215. The van der Waals surface area contributed by atoms with Crippen molar-refractivity contribution in [2.75, 3.05) is 14.2 Å². The summed E-state index contributed by atoms with van der Waals surface area (Å²) in [6.45, 7) is 0. The third-order valence-electron chi connectivity index (χ3n) is 2.13. The summed E-state index contributed by atoms with van der Waals surface area (Å²) >= 11 is 0. The van der Waals surface area contributed by atoms with Crippen LogP contribution in [0, 0.1) is 0 Å². The van der Waals surface area contributed by atoms with Crippen molar-refractivity contribution in [3.05, 3.63) is 0 Å². The fraction of sp³-hybridized carbons (Fsp3) is 0.750. The molecule has 0 rings (SSSR count). The zero-order chi connectivity index (χ0) is 16.6. The van der Waals surface area contributed by atoms with Crippen LogP contribution in [0.15, 0.2) is 0 Å². The van der Waals surface area contributed by atoms with Crippen molar-refractivity contribution in [2.24, 2.45) is 0 Å². The Morgan fingerprint density at radius 3 is 1.35 bits per heavy atom. The third-order valence-corrected chi connectivity index (χ3v) is 2.13. The lowest BCUT2D eigenvalue weighted by Gasteiger charge is -2.35. The highest BCUT2D eigenvalue weighted by molar-refractivity contribution is 5.86. The minimum absolute atomic E-state index is 0.0643. The van der Waals surface area contributed by atoms with Crippen LogP contribution < -0.4 is 0 Å². The molecular weight excluding hydrogens is 312 g/mol. The molecule has 0 aromatic heterocycles. The van der Waals surface area contributed by atoms with Crippen molar-refractivity contribution in [3.63, 3.8) is 0 Å². The zero-order valence-corrected chi connectivity index (χ0v) is 9.66. The topological polar surface area (TPSA) is 52.6 Å². The van der Waals surface area contributed by atoms with Gasteiger partial charge in [0.15, 0.2) is 0 Å². The molecule has 0 saturated heterocycles. The van der Waals surface area contributed by atoms with Crippen molar-refractivity contribution in [1.82, 2.24) is 0 Å². The number of ether oxygens (including phenoxy) is 2. The minimum Gasteiger partial charge on any atom is -0.466 e. The van der Waals surface area contributed by atoms with Crippen molar-refractivity contribution < 1.29 is 54.2 Å². The highest BCUT2D eigenvalue weighted by Gasteiger charge is 2.86. The number of carbonyl (C=O) groups is 2. The molecular formula is C8H6F8O4. The molecule has 0 aliphatic rings. The van der Waals surface area contributed by atoms with E-state index in [4.69, 9.17) is 0 Å². The number of alkyl halides is 8. The first-order valence-corrected chi connectivity index (χ1v) is 4.39. The maximum absolute atomic E-state index is 13.4. The molecule has 4 nitrogen and oxygen atoms in total. The Bertz CT molecular complexity index is 404. The van der Waals surface area contributed by atoms with E-state index in [0.717, 1.165) is 0 Å². The second kappa shape index (κ2) is 5.05. The van der Waals surface area contributed by atoms with Gasteiger partial charge < -0.3 is 9.47 Å². The average molecular weight is 318 g/mol. The number of carbonyl (C=O) groups excluding carboxylic acids is 2. The lowest BCUT2D eigenvalue weighted by Crippen LogP contribution is -2.69. The summed E-state index contributed by atoms with van der Waals surface area (Å²) in [5, 5.41) is 0. The molecule has 0 bridgehead atoms. The predicted octanol–water partition coefficient (Wildman–Crippen LogP) is 1.87. The largest absolute Gasteiger partial charge is 0.466 e. The van der Waals surface area contributed by atoms with Crippen LogP contribution >= 0.6 is 0 Å². The van der Waals surface area contributed by atoms with Gasteiger partial charge in [-0.2, -0.15) is 30.7 Å². The second-order valence-corrected chi connectivity index (χ2v) is 3.29. The molecule has 0 amide bonds.